The maximum absolute atomic E-state index is 12.5. The molecule has 0 amide bonds. The average molecular weight is 394 g/mol. The van der Waals surface area contributed by atoms with Crippen LogP contribution in [0.4, 0.5) is 4.39 Å². The number of halogens is 2. The molecule has 2 rings (SSSR count). The first-order valence-corrected chi connectivity index (χ1v) is 10.0. The van der Waals surface area contributed by atoms with Gasteiger partial charge in [0.1, 0.15) is 0 Å². The van der Waals surface area contributed by atoms with Crippen molar-refractivity contribution in [2.45, 2.75) is 0 Å². The van der Waals surface area contributed by atoms with E-state index in [1.54, 1.807) is 0 Å². The van der Waals surface area contributed by atoms with Crippen LogP contribution in [0, 0.1) is 7.14 Å². The molecule has 0 atom stereocenters. The van der Waals surface area contributed by atoms with Crippen LogP contribution in [0.15, 0.2) is 60.7 Å². The van der Waals surface area contributed by atoms with Crippen molar-refractivity contribution in [2.75, 3.05) is 6.01 Å². The second-order valence-corrected chi connectivity index (χ2v) is 10.0. The predicted octanol–water partition coefficient (Wildman–Crippen LogP) is 3.42. The number of benzene rings is 2. The van der Waals surface area contributed by atoms with Crippen LogP contribution in [-0.4, -0.2) is 14.4 Å². The molecule has 2 aromatic rings. The zero-order valence-electron chi connectivity index (χ0n) is 9.87. The monoisotopic (exact) mass is 394 g/mol. The third kappa shape index (κ3) is 3.99. The quantitative estimate of drug-likeness (QED) is 0.731. The molecular formula is C13H12FIO3S. The molecule has 0 aliphatic carbocycles. The Morgan fingerprint density at radius 3 is 1.68 bits per heavy atom. The molecule has 0 heterocycles. The van der Waals surface area contributed by atoms with Gasteiger partial charge in [0.2, 0.25) is 0 Å². The van der Waals surface area contributed by atoms with Crippen LogP contribution in [0.3, 0.4) is 0 Å². The van der Waals surface area contributed by atoms with Crippen LogP contribution in [0.5, 0.6) is 0 Å². The number of rotatable bonds is 5. The van der Waals surface area contributed by atoms with Crippen molar-refractivity contribution in [1.82, 2.24) is 0 Å². The van der Waals surface area contributed by atoms with Crippen molar-refractivity contribution in [3.63, 3.8) is 0 Å². The van der Waals surface area contributed by atoms with E-state index in [0.717, 1.165) is 7.14 Å². The minimum atomic E-state index is -4.11. The summed E-state index contributed by atoms with van der Waals surface area (Å²) in [7, 11) is -4.11. The SMILES string of the molecule is O=S(=O)(CF)OI(c1ccccc1)c1ccccc1. The van der Waals surface area contributed by atoms with Crippen LogP contribution < -0.4 is 0 Å². The molecule has 0 unspecified atom stereocenters. The third-order valence-corrected chi connectivity index (χ3v) is 9.16. The van der Waals surface area contributed by atoms with E-state index in [2.05, 4.69) is 0 Å². The summed E-state index contributed by atoms with van der Waals surface area (Å²) in [6, 6.07) is 16.7. The predicted molar refractivity (Wildman–Crippen MR) is 80.3 cm³/mol. The molecule has 0 aromatic heterocycles. The summed E-state index contributed by atoms with van der Waals surface area (Å²) in [4.78, 5) is 0. The average Bonchev–Trinajstić information content (AvgIpc) is 2.47. The summed E-state index contributed by atoms with van der Waals surface area (Å²) in [5, 5.41) is 0. The van der Waals surface area contributed by atoms with Crippen molar-refractivity contribution in [2.24, 2.45) is 0 Å². The Kier molecular flexibility index (Phi) is 4.89. The van der Waals surface area contributed by atoms with E-state index in [1.165, 1.54) is 0 Å². The van der Waals surface area contributed by atoms with E-state index in [-0.39, 0.29) is 0 Å². The van der Waals surface area contributed by atoms with Gasteiger partial charge in [-0.25, -0.2) is 0 Å². The van der Waals surface area contributed by atoms with Gasteiger partial charge in [0.15, 0.2) is 0 Å². The zero-order chi connectivity index (χ0) is 13.7. The normalized spacial score (nSPS) is 12.2. The summed E-state index contributed by atoms with van der Waals surface area (Å²) in [5.41, 5.74) is 0. The van der Waals surface area contributed by atoms with E-state index in [9.17, 15) is 12.8 Å². The molecule has 0 saturated heterocycles. The van der Waals surface area contributed by atoms with E-state index in [4.69, 9.17) is 2.51 Å². The van der Waals surface area contributed by atoms with Crippen molar-refractivity contribution < 1.29 is 15.3 Å². The van der Waals surface area contributed by atoms with Crippen LogP contribution in [0.25, 0.3) is 0 Å². The van der Waals surface area contributed by atoms with Gasteiger partial charge < -0.3 is 0 Å². The molecule has 102 valence electrons. The number of hydrogen-bond donors (Lipinski definition) is 0. The van der Waals surface area contributed by atoms with Crippen LogP contribution in [0.2, 0.25) is 0 Å². The Morgan fingerprint density at radius 2 is 1.32 bits per heavy atom. The first-order chi connectivity index (χ1) is 9.12. The third-order valence-electron chi connectivity index (χ3n) is 2.16. The Bertz CT molecular complexity index is 577. The van der Waals surface area contributed by atoms with Gasteiger partial charge in [-0.15, -0.1) is 0 Å². The van der Waals surface area contributed by atoms with Gasteiger partial charge in [0.05, 0.1) is 0 Å². The molecule has 3 nitrogen and oxygen atoms in total. The van der Waals surface area contributed by atoms with Crippen molar-refractivity contribution in [1.29, 1.82) is 0 Å². The molecule has 0 radical (unpaired) electrons. The molecule has 19 heavy (non-hydrogen) atoms. The zero-order valence-corrected chi connectivity index (χ0v) is 12.8. The molecule has 0 aliphatic heterocycles. The molecule has 0 aliphatic rings. The van der Waals surface area contributed by atoms with Gasteiger partial charge in [-0.1, -0.05) is 0 Å². The maximum atomic E-state index is 12.5. The molecule has 0 bridgehead atoms. The number of alkyl halides is 1. The van der Waals surface area contributed by atoms with Gasteiger partial charge in [0, 0.05) is 0 Å². The van der Waals surface area contributed by atoms with Crippen molar-refractivity contribution in [3.05, 3.63) is 67.8 Å². The summed E-state index contributed by atoms with van der Waals surface area (Å²) >= 11 is -2.62. The molecule has 0 saturated carbocycles. The molecule has 6 heteroatoms. The Balaban J connectivity index is 2.40. The van der Waals surface area contributed by atoms with Gasteiger partial charge in [-0.05, 0) is 0 Å². The van der Waals surface area contributed by atoms with E-state index < -0.39 is 36.4 Å². The fourth-order valence-corrected chi connectivity index (χ4v) is 7.77. The molecule has 0 spiro atoms. The number of hydrogen-bond acceptors (Lipinski definition) is 3. The van der Waals surface area contributed by atoms with E-state index >= 15 is 0 Å². The van der Waals surface area contributed by atoms with E-state index in [1.807, 2.05) is 60.7 Å². The topological polar surface area (TPSA) is 43.4 Å². The van der Waals surface area contributed by atoms with Crippen molar-refractivity contribution >= 4 is 30.4 Å². The molecule has 2 aromatic carbocycles. The second kappa shape index (κ2) is 6.44. The molecular weight excluding hydrogens is 382 g/mol. The fraction of sp³-hybridized carbons (Fsp3) is 0.0769. The molecule has 0 fully saturated rings. The van der Waals surface area contributed by atoms with E-state index in [0.29, 0.717) is 0 Å². The minimum absolute atomic E-state index is 0.815. The van der Waals surface area contributed by atoms with Gasteiger partial charge in [0.25, 0.3) is 0 Å². The van der Waals surface area contributed by atoms with Crippen LogP contribution in [0.1, 0.15) is 0 Å². The standard InChI is InChI=1S/C13H12FIO3S/c14-11-19(16,17)18-15(12-7-3-1-4-8-12)13-9-5-2-6-10-13/h1-10H,11H2. The Hall–Kier alpha value is -0.990. The van der Waals surface area contributed by atoms with Gasteiger partial charge in [-0.3, -0.25) is 0 Å². The molecule has 0 N–H and O–H groups in total. The van der Waals surface area contributed by atoms with Gasteiger partial charge >= 0.3 is 119 Å². The second-order valence-electron chi connectivity index (χ2n) is 3.57. The summed E-state index contributed by atoms with van der Waals surface area (Å²) in [6.45, 7) is 0. The Labute approximate surface area is 119 Å². The first kappa shape index (κ1) is 14.4. The Morgan fingerprint density at radius 1 is 0.895 bits per heavy atom. The summed E-state index contributed by atoms with van der Waals surface area (Å²) in [5.74, 6) is 0. The van der Waals surface area contributed by atoms with Crippen LogP contribution >= 0.6 is 20.2 Å². The first-order valence-electron chi connectivity index (χ1n) is 5.41. The summed E-state index contributed by atoms with van der Waals surface area (Å²) < 4.78 is 42.0. The van der Waals surface area contributed by atoms with Gasteiger partial charge in [-0.2, -0.15) is 0 Å². The van der Waals surface area contributed by atoms with Crippen LogP contribution in [-0.2, 0) is 12.6 Å². The fourth-order valence-electron chi connectivity index (χ4n) is 1.37. The van der Waals surface area contributed by atoms with Crippen molar-refractivity contribution in [3.8, 4) is 0 Å². The summed E-state index contributed by atoms with van der Waals surface area (Å²) in [6.07, 6.45) is 0.